The Morgan fingerprint density at radius 1 is 1.00 bits per heavy atom. The largest absolute Gasteiger partial charge is 0.469 e. The smallest absolute Gasteiger partial charge is 0.407 e. The molecule has 0 bridgehead atoms. The molecule has 9 heteroatoms. The SMILES string of the molecule is COC(=O)CCCC[C@@H]1SC[C@H](NC(=O)OC)[C@@H]1NC(=O)OC. The first-order valence-electron chi connectivity index (χ1n) is 7.39. The van der Waals surface area contributed by atoms with Crippen molar-refractivity contribution in [3.05, 3.63) is 0 Å². The van der Waals surface area contributed by atoms with Gasteiger partial charge >= 0.3 is 18.2 Å². The molecule has 2 N–H and O–H groups in total. The molecule has 0 radical (unpaired) electrons. The van der Waals surface area contributed by atoms with E-state index in [1.807, 2.05) is 0 Å². The minimum atomic E-state index is -0.534. The lowest BCUT2D eigenvalue weighted by atomic mass is 10.0. The number of hydrogen-bond acceptors (Lipinski definition) is 7. The highest BCUT2D eigenvalue weighted by Gasteiger charge is 2.38. The summed E-state index contributed by atoms with van der Waals surface area (Å²) in [4.78, 5) is 34.0. The van der Waals surface area contributed by atoms with Crippen molar-refractivity contribution in [2.45, 2.75) is 43.0 Å². The van der Waals surface area contributed by atoms with Gasteiger partial charge in [-0.05, 0) is 12.8 Å². The highest BCUT2D eigenvalue weighted by molar-refractivity contribution is 8.00. The van der Waals surface area contributed by atoms with Gasteiger partial charge in [0.15, 0.2) is 0 Å². The van der Waals surface area contributed by atoms with Crippen LogP contribution in [0.4, 0.5) is 9.59 Å². The monoisotopic (exact) mass is 348 g/mol. The summed E-state index contributed by atoms with van der Waals surface area (Å²) in [5, 5.41) is 5.64. The molecule has 0 aromatic rings. The van der Waals surface area contributed by atoms with E-state index in [0.717, 1.165) is 19.3 Å². The minimum Gasteiger partial charge on any atom is -0.469 e. The van der Waals surface area contributed by atoms with Crippen molar-refractivity contribution in [3.63, 3.8) is 0 Å². The summed E-state index contributed by atoms with van der Waals surface area (Å²) in [6.45, 7) is 0. The lowest BCUT2D eigenvalue weighted by Gasteiger charge is -2.24. The van der Waals surface area contributed by atoms with Crippen molar-refractivity contribution in [3.8, 4) is 0 Å². The van der Waals surface area contributed by atoms with Crippen LogP contribution in [0.25, 0.3) is 0 Å². The molecule has 0 aromatic carbocycles. The standard InChI is InChI=1S/C14H24N2O6S/c1-20-11(17)7-5-4-6-10-12(16-14(19)22-3)9(8-23-10)15-13(18)21-2/h9-10,12H,4-8H2,1-3H3,(H,15,18)(H,16,19)/t9-,10-,12-/m0/s1. The molecule has 1 saturated heterocycles. The third-order valence-electron chi connectivity index (χ3n) is 3.63. The Morgan fingerprint density at radius 2 is 1.65 bits per heavy atom. The normalized spacial score (nSPS) is 23.0. The topological polar surface area (TPSA) is 103 Å². The van der Waals surface area contributed by atoms with Crippen LogP contribution in [-0.2, 0) is 19.0 Å². The average molecular weight is 348 g/mol. The summed E-state index contributed by atoms with van der Waals surface area (Å²) in [6.07, 6.45) is 1.69. The van der Waals surface area contributed by atoms with Gasteiger partial charge in [-0.25, -0.2) is 9.59 Å². The van der Waals surface area contributed by atoms with Gasteiger partial charge < -0.3 is 24.8 Å². The van der Waals surface area contributed by atoms with Crippen LogP contribution < -0.4 is 10.6 Å². The fraction of sp³-hybridized carbons (Fsp3) is 0.786. The number of methoxy groups -OCH3 is 3. The number of ether oxygens (including phenoxy) is 3. The first kappa shape index (κ1) is 19.4. The van der Waals surface area contributed by atoms with Gasteiger partial charge in [-0.3, -0.25) is 4.79 Å². The summed E-state index contributed by atoms with van der Waals surface area (Å²) in [5.74, 6) is 0.448. The van der Waals surface area contributed by atoms with Gasteiger partial charge in [-0.15, -0.1) is 0 Å². The second-order valence-electron chi connectivity index (χ2n) is 5.10. The average Bonchev–Trinajstić information content (AvgIpc) is 2.92. The molecule has 0 aromatic heterocycles. The Labute approximate surface area is 140 Å². The van der Waals surface area contributed by atoms with E-state index in [9.17, 15) is 14.4 Å². The number of alkyl carbamates (subject to hydrolysis) is 2. The van der Waals surface area contributed by atoms with E-state index in [0.29, 0.717) is 12.2 Å². The Bertz CT molecular complexity index is 420. The van der Waals surface area contributed by atoms with Gasteiger partial charge in [0, 0.05) is 17.4 Å². The van der Waals surface area contributed by atoms with Gasteiger partial charge in [0.25, 0.3) is 0 Å². The van der Waals surface area contributed by atoms with Gasteiger partial charge in [0.1, 0.15) is 0 Å². The van der Waals surface area contributed by atoms with Crippen LogP contribution in [0.2, 0.25) is 0 Å². The third-order valence-corrected chi connectivity index (χ3v) is 5.14. The Morgan fingerprint density at radius 3 is 2.26 bits per heavy atom. The van der Waals surface area contributed by atoms with Crippen LogP contribution in [0.5, 0.6) is 0 Å². The van der Waals surface area contributed by atoms with Crippen LogP contribution in [0.15, 0.2) is 0 Å². The molecule has 132 valence electrons. The van der Waals surface area contributed by atoms with E-state index < -0.39 is 12.2 Å². The van der Waals surface area contributed by atoms with E-state index in [-0.39, 0.29) is 23.3 Å². The quantitative estimate of drug-likeness (QED) is 0.406. The number of hydrogen-bond donors (Lipinski definition) is 2. The van der Waals surface area contributed by atoms with Crippen LogP contribution in [0.3, 0.4) is 0 Å². The van der Waals surface area contributed by atoms with Gasteiger partial charge in [-0.2, -0.15) is 11.8 Å². The summed E-state index contributed by atoms with van der Waals surface area (Å²) < 4.78 is 13.9. The minimum absolute atomic E-state index is 0.133. The van der Waals surface area contributed by atoms with Crippen molar-refractivity contribution in [1.82, 2.24) is 10.6 Å². The first-order chi connectivity index (χ1) is 11.0. The molecule has 1 heterocycles. The molecule has 1 rings (SSSR count). The maximum Gasteiger partial charge on any atom is 0.407 e. The lowest BCUT2D eigenvalue weighted by molar-refractivity contribution is -0.140. The maximum atomic E-state index is 11.5. The molecule has 23 heavy (non-hydrogen) atoms. The molecule has 2 amide bonds. The summed E-state index contributed by atoms with van der Waals surface area (Å²) in [7, 11) is 3.96. The van der Waals surface area contributed by atoms with E-state index in [1.165, 1.54) is 21.3 Å². The Balaban J connectivity index is 2.53. The molecule has 0 saturated carbocycles. The fourth-order valence-corrected chi connectivity index (χ4v) is 3.95. The number of carbonyl (C=O) groups is 3. The third kappa shape index (κ3) is 6.55. The predicted molar refractivity (Wildman–Crippen MR) is 85.4 cm³/mol. The van der Waals surface area contributed by atoms with Gasteiger partial charge in [0.05, 0.1) is 33.4 Å². The molecule has 1 fully saturated rings. The number of rotatable bonds is 7. The number of carbonyl (C=O) groups excluding carboxylic acids is 3. The zero-order chi connectivity index (χ0) is 17.2. The van der Waals surface area contributed by atoms with Gasteiger partial charge in [-0.1, -0.05) is 6.42 Å². The van der Waals surface area contributed by atoms with E-state index in [2.05, 4.69) is 24.8 Å². The van der Waals surface area contributed by atoms with Gasteiger partial charge in [0.2, 0.25) is 0 Å². The summed E-state index contributed by atoms with van der Waals surface area (Å²) in [5.41, 5.74) is 0. The fourth-order valence-electron chi connectivity index (χ4n) is 2.40. The van der Waals surface area contributed by atoms with Crippen molar-refractivity contribution >= 4 is 29.9 Å². The van der Waals surface area contributed by atoms with E-state index in [1.54, 1.807) is 11.8 Å². The molecule has 3 atom stereocenters. The zero-order valence-electron chi connectivity index (χ0n) is 13.6. The number of unbranched alkanes of at least 4 members (excludes halogenated alkanes) is 1. The number of amides is 2. The van der Waals surface area contributed by atoms with Crippen molar-refractivity contribution < 1.29 is 28.6 Å². The number of nitrogens with one attached hydrogen (secondary N) is 2. The van der Waals surface area contributed by atoms with Crippen molar-refractivity contribution in [2.24, 2.45) is 0 Å². The lowest BCUT2D eigenvalue weighted by Crippen LogP contribution is -2.53. The second-order valence-corrected chi connectivity index (χ2v) is 6.37. The van der Waals surface area contributed by atoms with Crippen molar-refractivity contribution in [2.75, 3.05) is 27.1 Å². The Kier molecular flexibility index (Phi) is 8.60. The first-order valence-corrected chi connectivity index (χ1v) is 8.44. The molecule has 0 unspecified atom stereocenters. The molecular formula is C14H24N2O6S. The van der Waals surface area contributed by atoms with Crippen LogP contribution in [0.1, 0.15) is 25.7 Å². The maximum absolute atomic E-state index is 11.5. The van der Waals surface area contributed by atoms with E-state index >= 15 is 0 Å². The molecule has 0 spiro atoms. The molecule has 0 aliphatic carbocycles. The molecular weight excluding hydrogens is 324 g/mol. The molecule has 8 nitrogen and oxygen atoms in total. The molecule has 1 aliphatic heterocycles. The summed E-state index contributed by atoms with van der Waals surface area (Å²) in [6, 6.07) is -0.471. The zero-order valence-corrected chi connectivity index (χ0v) is 14.4. The highest BCUT2D eigenvalue weighted by atomic mass is 32.2. The number of thioether (sulfide) groups is 1. The highest BCUT2D eigenvalue weighted by Crippen LogP contribution is 2.31. The number of esters is 1. The van der Waals surface area contributed by atoms with Crippen LogP contribution >= 0.6 is 11.8 Å². The van der Waals surface area contributed by atoms with Crippen molar-refractivity contribution in [1.29, 1.82) is 0 Å². The van der Waals surface area contributed by atoms with Crippen LogP contribution in [-0.4, -0.2) is 62.6 Å². The summed E-state index contributed by atoms with van der Waals surface area (Å²) >= 11 is 1.67. The van der Waals surface area contributed by atoms with Crippen LogP contribution in [0, 0.1) is 0 Å². The predicted octanol–water partition coefficient (Wildman–Crippen LogP) is 1.28. The molecule has 1 aliphatic rings. The second kappa shape index (κ2) is 10.2. The van der Waals surface area contributed by atoms with E-state index in [4.69, 9.17) is 0 Å². The Hall–Kier alpha value is -1.64.